The van der Waals surface area contributed by atoms with E-state index in [1.807, 2.05) is 4.90 Å². The summed E-state index contributed by atoms with van der Waals surface area (Å²) in [5, 5.41) is 3.34. The second-order valence-corrected chi connectivity index (χ2v) is 3.98. The van der Waals surface area contributed by atoms with E-state index in [1.165, 1.54) is 0 Å². The summed E-state index contributed by atoms with van der Waals surface area (Å²) in [4.78, 5) is 13.9. The van der Waals surface area contributed by atoms with E-state index in [9.17, 15) is 4.79 Å². The van der Waals surface area contributed by atoms with Crippen LogP contribution in [0.1, 0.15) is 26.2 Å². The summed E-state index contributed by atoms with van der Waals surface area (Å²) in [6, 6.07) is 0.383. The lowest BCUT2D eigenvalue weighted by atomic mass is 10.1. The molecule has 0 aliphatic carbocycles. The highest BCUT2D eigenvalue weighted by Crippen LogP contribution is 2.11. The van der Waals surface area contributed by atoms with Gasteiger partial charge < -0.3 is 15.0 Å². The predicted octanol–water partition coefficient (Wildman–Crippen LogP) is 0.623. The van der Waals surface area contributed by atoms with Gasteiger partial charge in [0.05, 0.1) is 13.0 Å². The summed E-state index contributed by atoms with van der Waals surface area (Å²) in [7, 11) is 1.63. The molecule has 4 nitrogen and oxygen atoms in total. The van der Waals surface area contributed by atoms with Crippen molar-refractivity contribution in [2.75, 3.05) is 33.4 Å². The van der Waals surface area contributed by atoms with Crippen molar-refractivity contribution in [3.8, 4) is 0 Å². The zero-order valence-corrected chi connectivity index (χ0v) is 9.79. The van der Waals surface area contributed by atoms with Crippen molar-refractivity contribution < 1.29 is 9.53 Å². The normalized spacial score (nSPS) is 21.7. The quantitative estimate of drug-likeness (QED) is 0.729. The van der Waals surface area contributed by atoms with Gasteiger partial charge in [-0.2, -0.15) is 0 Å². The number of amides is 1. The zero-order chi connectivity index (χ0) is 11.1. The number of carbonyl (C=O) groups excluding carboxylic acids is 1. The molecule has 1 heterocycles. The van der Waals surface area contributed by atoms with Crippen LogP contribution in [0.15, 0.2) is 0 Å². The molecule has 4 heteroatoms. The van der Waals surface area contributed by atoms with Crippen molar-refractivity contribution in [3.05, 3.63) is 0 Å². The van der Waals surface area contributed by atoms with Crippen LogP contribution >= 0.6 is 0 Å². The Kier molecular flexibility index (Phi) is 5.65. The van der Waals surface area contributed by atoms with Gasteiger partial charge in [0.2, 0.25) is 5.91 Å². The Morgan fingerprint density at radius 2 is 2.40 bits per heavy atom. The lowest BCUT2D eigenvalue weighted by Crippen LogP contribution is -2.53. The molecule has 1 rings (SSSR count). The number of nitrogens with zero attached hydrogens (tertiary/aromatic N) is 1. The lowest BCUT2D eigenvalue weighted by molar-refractivity contribution is -0.135. The standard InChI is InChI=1S/C11H22N2O2/c1-3-4-10-9-12-6-7-13(10)11(14)5-8-15-2/h10,12H,3-9H2,1-2H3. The molecule has 1 fully saturated rings. The fraction of sp³-hybridized carbons (Fsp3) is 0.909. The molecule has 1 saturated heterocycles. The van der Waals surface area contributed by atoms with Gasteiger partial charge in [0.1, 0.15) is 0 Å². The molecule has 0 aromatic rings. The molecule has 1 atom stereocenters. The molecule has 0 saturated carbocycles. The third-order valence-electron chi connectivity index (χ3n) is 2.81. The second-order valence-electron chi connectivity index (χ2n) is 3.98. The molecule has 1 aliphatic heterocycles. The largest absolute Gasteiger partial charge is 0.384 e. The Morgan fingerprint density at radius 1 is 1.60 bits per heavy atom. The summed E-state index contributed by atoms with van der Waals surface area (Å²) >= 11 is 0. The molecular weight excluding hydrogens is 192 g/mol. The van der Waals surface area contributed by atoms with Gasteiger partial charge in [-0.3, -0.25) is 4.79 Å². The third-order valence-corrected chi connectivity index (χ3v) is 2.81. The van der Waals surface area contributed by atoms with Gasteiger partial charge in [0.25, 0.3) is 0 Å². The molecule has 15 heavy (non-hydrogen) atoms. The fourth-order valence-corrected chi connectivity index (χ4v) is 2.01. The maximum atomic E-state index is 11.9. The van der Waals surface area contributed by atoms with Crippen LogP contribution in [0.25, 0.3) is 0 Å². The van der Waals surface area contributed by atoms with Gasteiger partial charge in [0, 0.05) is 32.8 Å². The van der Waals surface area contributed by atoms with Gasteiger partial charge in [-0.1, -0.05) is 13.3 Å². The van der Waals surface area contributed by atoms with Crippen molar-refractivity contribution in [3.63, 3.8) is 0 Å². The first-order valence-electron chi connectivity index (χ1n) is 5.78. The minimum absolute atomic E-state index is 0.233. The number of carbonyl (C=O) groups is 1. The third kappa shape index (κ3) is 3.80. The van der Waals surface area contributed by atoms with E-state index in [0.717, 1.165) is 32.5 Å². The van der Waals surface area contributed by atoms with Crippen LogP contribution < -0.4 is 5.32 Å². The van der Waals surface area contributed by atoms with Gasteiger partial charge in [-0.05, 0) is 6.42 Å². The van der Waals surface area contributed by atoms with E-state index >= 15 is 0 Å². The van der Waals surface area contributed by atoms with Crippen molar-refractivity contribution in [1.29, 1.82) is 0 Å². The smallest absolute Gasteiger partial charge is 0.225 e. The van der Waals surface area contributed by atoms with Crippen molar-refractivity contribution in [2.45, 2.75) is 32.2 Å². The number of ether oxygens (including phenoxy) is 1. The zero-order valence-electron chi connectivity index (χ0n) is 9.79. The maximum Gasteiger partial charge on any atom is 0.225 e. The SMILES string of the molecule is CCCC1CNCCN1C(=O)CCOC. The molecule has 1 aliphatic rings. The molecular formula is C11H22N2O2. The van der Waals surface area contributed by atoms with E-state index in [0.29, 0.717) is 19.1 Å². The highest BCUT2D eigenvalue weighted by Gasteiger charge is 2.24. The van der Waals surface area contributed by atoms with E-state index < -0.39 is 0 Å². The molecule has 1 amide bonds. The van der Waals surface area contributed by atoms with Crippen LogP contribution in [0.3, 0.4) is 0 Å². The Balaban J connectivity index is 2.43. The van der Waals surface area contributed by atoms with Crippen LogP contribution in [0.4, 0.5) is 0 Å². The summed E-state index contributed by atoms with van der Waals surface area (Å²) in [6.07, 6.45) is 2.73. The minimum atomic E-state index is 0.233. The summed E-state index contributed by atoms with van der Waals surface area (Å²) in [5.41, 5.74) is 0. The minimum Gasteiger partial charge on any atom is -0.384 e. The molecule has 0 aromatic carbocycles. The topological polar surface area (TPSA) is 41.6 Å². The van der Waals surface area contributed by atoms with Crippen LogP contribution in [-0.2, 0) is 9.53 Å². The Bertz CT molecular complexity index is 195. The molecule has 0 spiro atoms. The number of rotatable bonds is 5. The Morgan fingerprint density at radius 3 is 3.07 bits per heavy atom. The van der Waals surface area contributed by atoms with Gasteiger partial charge in [-0.25, -0.2) is 0 Å². The maximum absolute atomic E-state index is 11.9. The van der Waals surface area contributed by atoms with Crippen LogP contribution in [-0.4, -0.2) is 50.2 Å². The van der Waals surface area contributed by atoms with Crippen LogP contribution in [0, 0.1) is 0 Å². The average molecular weight is 214 g/mol. The first-order chi connectivity index (χ1) is 7.29. The Hall–Kier alpha value is -0.610. The van der Waals surface area contributed by atoms with E-state index in [2.05, 4.69) is 12.2 Å². The predicted molar refractivity (Wildman–Crippen MR) is 59.8 cm³/mol. The van der Waals surface area contributed by atoms with E-state index in [1.54, 1.807) is 7.11 Å². The van der Waals surface area contributed by atoms with Crippen molar-refractivity contribution in [1.82, 2.24) is 10.2 Å². The number of hydrogen-bond acceptors (Lipinski definition) is 3. The van der Waals surface area contributed by atoms with Gasteiger partial charge in [0.15, 0.2) is 0 Å². The molecule has 1 N–H and O–H groups in total. The van der Waals surface area contributed by atoms with Crippen LogP contribution in [0.2, 0.25) is 0 Å². The summed E-state index contributed by atoms with van der Waals surface area (Å²) < 4.78 is 4.94. The highest BCUT2D eigenvalue weighted by atomic mass is 16.5. The summed E-state index contributed by atoms with van der Waals surface area (Å²) in [5.74, 6) is 0.233. The fourth-order valence-electron chi connectivity index (χ4n) is 2.01. The van der Waals surface area contributed by atoms with Gasteiger partial charge in [-0.15, -0.1) is 0 Å². The van der Waals surface area contributed by atoms with Gasteiger partial charge >= 0.3 is 0 Å². The highest BCUT2D eigenvalue weighted by molar-refractivity contribution is 5.76. The monoisotopic (exact) mass is 214 g/mol. The van der Waals surface area contributed by atoms with Crippen molar-refractivity contribution in [2.24, 2.45) is 0 Å². The second kappa shape index (κ2) is 6.80. The molecule has 0 bridgehead atoms. The summed E-state index contributed by atoms with van der Waals surface area (Å²) in [6.45, 7) is 5.38. The molecule has 1 unspecified atom stereocenters. The van der Waals surface area contributed by atoms with E-state index in [4.69, 9.17) is 4.74 Å². The molecule has 0 radical (unpaired) electrons. The first-order valence-corrected chi connectivity index (χ1v) is 5.78. The number of methoxy groups -OCH3 is 1. The number of nitrogens with one attached hydrogen (secondary N) is 1. The molecule has 0 aromatic heterocycles. The Labute approximate surface area is 92.0 Å². The van der Waals surface area contributed by atoms with Crippen LogP contribution in [0.5, 0.6) is 0 Å². The number of piperazine rings is 1. The van der Waals surface area contributed by atoms with Crippen molar-refractivity contribution >= 4 is 5.91 Å². The van der Waals surface area contributed by atoms with E-state index in [-0.39, 0.29) is 5.91 Å². The first kappa shape index (κ1) is 12.5. The molecule has 88 valence electrons. The lowest BCUT2D eigenvalue weighted by Gasteiger charge is -2.36. The average Bonchev–Trinajstić information content (AvgIpc) is 2.27. The number of hydrogen-bond donors (Lipinski definition) is 1.